The number of rotatable bonds is 6. The first-order valence-electron chi connectivity index (χ1n) is 8.97. The van der Waals surface area contributed by atoms with Crippen LogP contribution in [0.3, 0.4) is 0 Å². The summed E-state index contributed by atoms with van der Waals surface area (Å²) in [5.74, 6) is 0.260. The molecule has 0 unspecified atom stereocenters. The van der Waals surface area contributed by atoms with E-state index < -0.39 is 5.97 Å². The summed E-state index contributed by atoms with van der Waals surface area (Å²) in [6.07, 6.45) is 5.83. The molecule has 3 aromatic heterocycles. The molecule has 0 aliphatic rings. The van der Waals surface area contributed by atoms with Gasteiger partial charge in [0.05, 0.1) is 25.3 Å². The number of fused-ring (bicyclic) bond motifs is 1. The fraction of sp³-hybridized carbons (Fsp3) is 0.150. The van der Waals surface area contributed by atoms with E-state index in [4.69, 9.17) is 21.5 Å². The zero-order valence-corrected chi connectivity index (χ0v) is 17.1. The number of esters is 1. The summed E-state index contributed by atoms with van der Waals surface area (Å²) >= 11 is 0. The Hall–Kier alpha value is -4.59. The van der Waals surface area contributed by atoms with Crippen molar-refractivity contribution in [1.29, 1.82) is 5.26 Å². The smallest absolute Gasteiger partial charge is 0.353 e. The van der Waals surface area contributed by atoms with Crippen molar-refractivity contribution in [3.05, 3.63) is 59.6 Å². The van der Waals surface area contributed by atoms with Gasteiger partial charge in [-0.2, -0.15) is 10.2 Å². The predicted octanol–water partition coefficient (Wildman–Crippen LogP) is 1.56. The zero-order valence-electron chi connectivity index (χ0n) is 17.1. The molecular weight excluding hydrogens is 400 g/mol. The van der Waals surface area contributed by atoms with Crippen LogP contribution in [0.1, 0.15) is 11.3 Å². The van der Waals surface area contributed by atoms with Crippen LogP contribution < -0.4 is 21.5 Å². The van der Waals surface area contributed by atoms with Gasteiger partial charge in [-0.1, -0.05) is 0 Å². The fourth-order valence-electron chi connectivity index (χ4n) is 2.61. The minimum atomic E-state index is -0.665. The standard InChI is InChI=1S/C20H20N8O3/c1-11-6-12(8-21)24-9-15(11)31-17-7-14(18-19(27-17)28(2)10-25-18)26-16(23)5-4-13(22)20(29)30-3/h4-7,9-10H,22-23H2,1-3H3,(H,26,27)/b13-4-,16-5+. The minimum absolute atomic E-state index is 0.0993. The Labute approximate surface area is 177 Å². The number of ether oxygens (including phenoxy) is 2. The molecule has 0 spiro atoms. The van der Waals surface area contributed by atoms with E-state index in [1.54, 1.807) is 37.0 Å². The third-order valence-corrected chi connectivity index (χ3v) is 4.18. The second-order valence-corrected chi connectivity index (χ2v) is 6.45. The molecule has 0 aliphatic carbocycles. The third kappa shape index (κ3) is 4.70. The summed E-state index contributed by atoms with van der Waals surface area (Å²) in [4.78, 5) is 24.2. The second-order valence-electron chi connectivity index (χ2n) is 6.45. The SMILES string of the molecule is COC(=O)/C(N)=C/C=C(\N)Nc1cc(Oc2cnc(C#N)cc2C)nc2c1ncn2C. The van der Waals surface area contributed by atoms with Gasteiger partial charge in [-0.15, -0.1) is 0 Å². The lowest BCUT2D eigenvalue weighted by atomic mass is 10.2. The highest BCUT2D eigenvalue weighted by molar-refractivity contribution is 5.88. The largest absolute Gasteiger partial charge is 0.464 e. The van der Waals surface area contributed by atoms with Gasteiger partial charge in [-0.05, 0) is 30.7 Å². The molecule has 5 N–H and O–H groups in total. The Balaban J connectivity index is 1.95. The van der Waals surface area contributed by atoms with E-state index in [1.165, 1.54) is 25.5 Å². The summed E-state index contributed by atoms with van der Waals surface area (Å²) in [6.45, 7) is 1.80. The molecule has 3 rings (SSSR count). The van der Waals surface area contributed by atoms with Crippen LogP contribution in [0.2, 0.25) is 0 Å². The maximum atomic E-state index is 11.4. The maximum absolute atomic E-state index is 11.4. The molecule has 0 saturated carbocycles. The van der Waals surface area contributed by atoms with Gasteiger partial charge in [0.15, 0.2) is 11.4 Å². The van der Waals surface area contributed by atoms with Gasteiger partial charge in [-0.3, -0.25) is 0 Å². The number of pyridine rings is 2. The molecule has 11 nitrogen and oxygen atoms in total. The molecule has 11 heteroatoms. The van der Waals surface area contributed by atoms with Crippen LogP contribution in [-0.2, 0) is 16.6 Å². The Morgan fingerprint density at radius 3 is 2.74 bits per heavy atom. The highest BCUT2D eigenvalue weighted by Crippen LogP contribution is 2.30. The topological polar surface area (TPSA) is 167 Å². The van der Waals surface area contributed by atoms with Gasteiger partial charge in [0, 0.05) is 13.1 Å². The molecule has 0 fully saturated rings. The predicted molar refractivity (Wildman–Crippen MR) is 112 cm³/mol. The van der Waals surface area contributed by atoms with E-state index in [-0.39, 0.29) is 17.4 Å². The number of carbonyl (C=O) groups excluding carboxylic acids is 1. The van der Waals surface area contributed by atoms with Gasteiger partial charge >= 0.3 is 5.97 Å². The number of nitrogens with one attached hydrogen (secondary N) is 1. The summed E-state index contributed by atoms with van der Waals surface area (Å²) in [7, 11) is 3.03. The number of aryl methyl sites for hydroxylation is 2. The molecule has 0 radical (unpaired) electrons. The van der Waals surface area contributed by atoms with Gasteiger partial charge in [0.2, 0.25) is 5.88 Å². The Bertz CT molecular complexity index is 1250. The molecule has 0 atom stereocenters. The van der Waals surface area contributed by atoms with Crippen LogP contribution in [0.5, 0.6) is 11.6 Å². The number of methoxy groups -OCH3 is 1. The summed E-state index contributed by atoms with van der Waals surface area (Å²) in [5.41, 5.74) is 14.2. The van der Waals surface area contributed by atoms with Crippen LogP contribution in [-0.4, -0.2) is 32.6 Å². The van der Waals surface area contributed by atoms with Crippen molar-refractivity contribution >= 4 is 22.8 Å². The van der Waals surface area contributed by atoms with Gasteiger partial charge in [0.25, 0.3) is 0 Å². The summed E-state index contributed by atoms with van der Waals surface area (Å²) < 4.78 is 12.2. The average molecular weight is 420 g/mol. The molecule has 0 saturated heterocycles. The number of carbonyl (C=O) groups is 1. The summed E-state index contributed by atoms with van der Waals surface area (Å²) in [5, 5.41) is 12.0. The van der Waals surface area contributed by atoms with Crippen molar-refractivity contribution in [3.8, 4) is 17.7 Å². The maximum Gasteiger partial charge on any atom is 0.353 e. The highest BCUT2D eigenvalue weighted by Gasteiger charge is 2.13. The molecule has 0 bridgehead atoms. The minimum Gasteiger partial charge on any atom is -0.464 e. The van der Waals surface area contributed by atoms with Crippen molar-refractivity contribution in [2.24, 2.45) is 18.5 Å². The second kappa shape index (κ2) is 8.83. The van der Waals surface area contributed by atoms with Crippen LogP contribution >= 0.6 is 0 Å². The molecule has 0 aliphatic heterocycles. The first-order valence-corrected chi connectivity index (χ1v) is 8.97. The number of nitrogens with two attached hydrogens (primary N) is 2. The van der Waals surface area contributed by atoms with E-state index >= 15 is 0 Å². The van der Waals surface area contributed by atoms with Crippen LogP contribution in [0.15, 0.2) is 48.3 Å². The lowest BCUT2D eigenvalue weighted by Gasteiger charge is -2.11. The summed E-state index contributed by atoms with van der Waals surface area (Å²) in [6, 6.07) is 5.23. The van der Waals surface area contributed by atoms with E-state index in [0.717, 1.165) is 5.56 Å². The van der Waals surface area contributed by atoms with E-state index in [2.05, 4.69) is 25.0 Å². The number of nitriles is 1. The van der Waals surface area contributed by atoms with Crippen LogP contribution in [0, 0.1) is 18.3 Å². The number of aromatic nitrogens is 4. The molecule has 3 aromatic rings. The number of hydrogen-bond acceptors (Lipinski definition) is 10. The third-order valence-electron chi connectivity index (χ3n) is 4.18. The van der Waals surface area contributed by atoms with Crippen molar-refractivity contribution in [2.75, 3.05) is 12.4 Å². The monoisotopic (exact) mass is 420 g/mol. The first-order chi connectivity index (χ1) is 14.8. The Kier molecular flexibility index (Phi) is 6.02. The zero-order chi connectivity index (χ0) is 22.5. The highest BCUT2D eigenvalue weighted by atomic mass is 16.5. The van der Waals surface area contributed by atoms with Crippen molar-refractivity contribution in [1.82, 2.24) is 19.5 Å². The number of anilines is 1. The lowest BCUT2D eigenvalue weighted by molar-refractivity contribution is -0.136. The lowest BCUT2D eigenvalue weighted by Crippen LogP contribution is -2.13. The van der Waals surface area contributed by atoms with E-state index in [0.29, 0.717) is 28.3 Å². The first kappa shape index (κ1) is 21.1. The number of allylic oxidation sites excluding steroid dienone is 2. The molecular formula is C20H20N8O3. The Morgan fingerprint density at radius 2 is 2.06 bits per heavy atom. The molecule has 0 amide bonds. The van der Waals surface area contributed by atoms with Gasteiger partial charge in [0.1, 0.15) is 28.8 Å². The van der Waals surface area contributed by atoms with Crippen molar-refractivity contribution < 1.29 is 14.3 Å². The van der Waals surface area contributed by atoms with Gasteiger partial charge < -0.3 is 30.8 Å². The van der Waals surface area contributed by atoms with E-state index in [9.17, 15) is 4.79 Å². The number of nitrogens with zero attached hydrogens (tertiary/aromatic N) is 5. The molecule has 158 valence electrons. The van der Waals surface area contributed by atoms with Gasteiger partial charge in [-0.25, -0.2) is 14.8 Å². The number of imidazole rings is 1. The quantitative estimate of drug-likeness (QED) is 0.302. The fourth-order valence-corrected chi connectivity index (χ4v) is 2.61. The van der Waals surface area contributed by atoms with E-state index in [1.807, 2.05) is 6.07 Å². The van der Waals surface area contributed by atoms with Crippen LogP contribution in [0.25, 0.3) is 11.2 Å². The average Bonchev–Trinajstić information content (AvgIpc) is 3.13. The molecule has 3 heterocycles. The number of hydrogen-bond donors (Lipinski definition) is 3. The Morgan fingerprint density at radius 1 is 1.29 bits per heavy atom. The van der Waals surface area contributed by atoms with Crippen molar-refractivity contribution in [3.63, 3.8) is 0 Å². The molecule has 0 aromatic carbocycles. The normalized spacial score (nSPS) is 11.8. The molecule has 31 heavy (non-hydrogen) atoms. The van der Waals surface area contributed by atoms with Crippen molar-refractivity contribution in [2.45, 2.75) is 6.92 Å². The van der Waals surface area contributed by atoms with Crippen LogP contribution in [0.4, 0.5) is 5.69 Å².